The van der Waals surface area contributed by atoms with Crippen molar-refractivity contribution in [1.29, 1.82) is 0 Å². The van der Waals surface area contributed by atoms with Crippen molar-refractivity contribution in [3.8, 4) is 0 Å². The second kappa shape index (κ2) is 4.63. The maximum absolute atomic E-state index is 11.8. The summed E-state index contributed by atoms with van der Waals surface area (Å²) < 4.78 is 7.25. The van der Waals surface area contributed by atoms with E-state index in [0.717, 1.165) is 6.42 Å². The smallest absolute Gasteiger partial charge is 0.410 e. The predicted octanol–water partition coefficient (Wildman–Crippen LogP) is 2.24. The van der Waals surface area contributed by atoms with E-state index in [0.29, 0.717) is 13.1 Å². The predicted molar refractivity (Wildman–Crippen MR) is 68.4 cm³/mol. The van der Waals surface area contributed by atoms with E-state index in [4.69, 9.17) is 4.74 Å². The molecule has 0 aromatic carbocycles. The van der Waals surface area contributed by atoms with Crippen LogP contribution in [0.15, 0.2) is 12.4 Å². The molecule has 2 rings (SSSR count). The molecule has 0 bridgehead atoms. The lowest BCUT2D eigenvalue weighted by Gasteiger charge is -2.39. The number of rotatable bonds is 2. The summed E-state index contributed by atoms with van der Waals surface area (Å²) >= 11 is 0. The Balaban J connectivity index is 1.85. The van der Waals surface area contributed by atoms with Crippen molar-refractivity contribution >= 4 is 6.09 Å². The van der Waals surface area contributed by atoms with Crippen LogP contribution in [0.1, 0.15) is 39.3 Å². The van der Waals surface area contributed by atoms with Crippen molar-refractivity contribution in [1.82, 2.24) is 14.7 Å². The van der Waals surface area contributed by atoms with E-state index in [1.165, 1.54) is 5.56 Å². The Hall–Kier alpha value is -1.52. The molecule has 0 atom stereocenters. The van der Waals surface area contributed by atoms with Gasteiger partial charge in [0, 0.05) is 19.3 Å². The second-order valence-corrected chi connectivity index (χ2v) is 5.72. The fourth-order valence-corrected chi connectivity index (χ4v) is 1.86. The van der Waals surface area contributed by atoms with Gasteiger partial charge in [0.15, 0.2) is 0 Å². The van der Waals surface area contributed by atoms with Crippen LogP contribution in [0.25, 0.3) is 0 Å². The molecule has 18 heavy (non-hydrogen) atoms. The Bertz CT molecular complexity index is 428. The average molecular weight is 251 g/mol. The molecule has 0 aliphatic carbocycles. The highest BCUT2D eigenvalue weighted by Gasteiger charge is 2.35. The number of ether oxygens (including phenoxy) is 1. The Labute approximate surface area is 108 Å². The summed E-state index contributed by atoms with van der Waals surface area (Å²) in [4.78, 5) is 13.5. The van der Waals surface area contributed by atoms with Crippen molar-refractivity contribution in [2.24, 2.45) is 0 Å². The Morgan fingerprint density at radius 1 is 1.50 bits per heavy atom. The zero-order chi connectivity index (χ0) is 13.3. The zero-order valence-corrected chi connectivity index (χ0v) is 11.5. The monoisotopic (exact) mass is 251 g/mol. The normalized spacial score (nSPS) is 16.6. The van der Waals surface area contributed by atoms with Crippen molar-refractivity contribution in [3.63, 3.8) is 0 Å². The average Bonchev–Trinajstić information content (AvgIpc) is 2.60. The number of aromatic nitrogens is 2. The van der Waals surface area contributed by atoms with E-state index in [2.05, 4.69) is 18.2 Å². The molecule has 0 spiro atoms. The minimum absolute atomic E-state index is 0.235. The van der Waals surface area contributed by atoms with Crippen molar-refractivity contribution in [2.45, 2.75) is 45.8 Å². The van der Waals surface area contributed by atoms with Gasteiger partial charge in [-0.2, -0.15) is 5.10 Å². The van der Waals surface area contributed by atoms with Gasteiger partial charge in [-0.05, 0) is 32.8 Å². The lowest BCUT2D eigenvalue weighted by atomic mass is 10.1. The third-order valence-electron chi connectivity index (χ3n) is 2.95. The van der Waals surface area contributed by atoms with Gasteiger partial charge in [0.05, 0.1) is 12.2 Å². The summed E-state index contributed by atoms with van der Waals surface area (Å²) in [7, 11) is 0. The molecule has 0 radical (unpaired) electrons. The highest BCUT2D eigenvalue weighted by Crippen LogP contribution is 2.23. The summed E-state index contributed by atoms with van der Waals surface area (Å²) in [5, 5.41) is 4.32. The maximum Gasteiger partial charge on any atom is 0.410 e. The fourth-order valence-electron chi connectivity index (χ4n) is 1.86. The van der Waals surface area contributed by atoms with Gasteiger partial charge < -0.3 is 9.64 Å². The van der Waals surface area contributed by atoms with Crippen molar-refractivity contribution in [3.05, 3.63) is 18.0 Å². The van der Waals surface area contributed by atoms with Gasteiger partial charge in [-0.15, -0.1) is 0 Å². The first-order chi connectivity index (χ1) is 8.39. The number of nitrogens with zero attached hydrogens (tertiary/aromatic N) is 3. The van der Waals surface area contributed by atoms with Crippen LogP contribution in [0.4, 0.5) is 4.79 Å². The van der Waals surface area contributed by atoms with Gasteiger partial charge >= 0.3 is 6.09 Å². The van der Waals surface area contributed by atoms with Gasteiger partial charge in [-0.25, -0.2) is 4.79 Å². The molecule has 0 unspecified atom stereocenters. The van der Waals surface area contributed by atoms with E-state index < -0.39 is 5.60 Å². The molecule has 0 N–H and O–H groups in total. The van der Waals surface area contributed by atoms with Crippen LogP contribution in [-0.4, -0.2) is 39.5 Å². The molecule has 5 nitrogen and oxygen atoms in total. The molecule has 1 aliphatic heterocycles. The molecule has 1 aliphatic rings. The Morgan fingerprint density at radius 3 is 2.67 bits per heavy atom. The molecular weight excluding hydrogens is 230 g/mol. The zero-order valence-electron chi connectivity index (χ0n) is 11.5. The van der Waals surface area contributed by atoms with E-state index in [1.54, 1.807) is 4.90 Å². The summed E-state index contributed by atoms with van der Waals surface area (Å²) in [5.41, 5.74) is 0.800. The highest BCUT2D eigenvalue weighted by atomic mass is 16.6. The quantitative estimate of drug-likeness (QED) is 0.810. The first-order valence-electron chi connectivity index (χ1n) is 6.40. The molecule has 1 fully saturated rings. The third kappa shape index (κ3) is 2.83. The number of aryl methyl sites for hydroxylation is 1. The van der Waals surface area contributed by atoms with E-state index in [1.807, 2.05) is 31.6 Å². The number of likely N-dealkylation sites (tertiary alicyclic amines) is 1. The number of amides is 1. The van der Waals surface area contributed by atoms with E-state index in [9.17, 15) is 4.79 Å². The first-order valence-corrected chi connectivity index (χ1v) is 6.40. The van der Waals surface area contributed by atoms with Gasteiger partial charge in [-0.1, -0.05) is 6.92 Å². The maximum atomic E-state index is 11.8. The van der Waals surface area contributed by atoms with Crippen LogP contribution in [-0.2, 0) is 11.2 Å². The van der Waals surface area contributed by atoms with Crippen molar-refractivity contribution in [2.75, 3.05) is 13.1 Å². The summed E-state index contributed by atoms with van der Waals surface area (Å²) in [6.07, 6.45) is 4.69. The molecule has 1 amide bonds. The van der Waals surface area contributed by atoms with E-state index >= 15 is 0 Å². The Morgan fingerprint density at radius 2 is 2.17 bits per heavy atom. The molecule has 1 saturated heterocycles. The van der Waals surface area contributed by atoms with Crippen LogP contribution >= 0.6 is 0 Å². The minimum atomic E-state index is -0.427. The molecule has 1 aromatic heterocycles. The first kappa shape index (κ1) is 12.9. The lowest BCUT2D eigenvalue weighted by molar-refractivity contribution is -0.000393. The standard InChI is InChI=1S/C13H21N3O2/c1-5-10-6-14-16(7-10)11-8-15(9-11)12(17)18-13(2,3)4/h6-7,11H,5,8-9H2,1-4H3. The summed E-state index contributed by atoms with van der Waals surface area (Å²) in [6.45, 7) is 9.10. The molecular formula is C13H21N3O2. The topological polar surface area (TPSA) is 47.4 Å². The number of hydrogen-bond acceptors (Lipinski definition) is 3. The van der Waals surface area contributed by atoms with Crippen LogP contribution in [0, 0.1) is 0 Å². The third-order valence-corrected chi connectivity index (χ3v) is 2.95. The van der Waals surface area contributed by atoms with Gasteiger partial charge in [0.1, 0.15) is 5.60 Å². The van der Waals surface area contributed by atoms with Crippen LogP contribution in [0.2, 0.25) is 0 Å². The summed E-state index contributed by atoms with van der Waals surface area (Å²) in [6, 6.07) is 0.290. The number of carbonyl (C=O) groups is 1. The van der Waals surface area contributed by atoms with Crippen LogP contribution < -0.4 is 0 Å². The number of hydrogen-bond donors (Lipinski definition) is 0. The van der Waals surface area contributed by atoms with Gasteiger partial charge in [0.2, 0.25) is 0 Å². The molecule has 5 heteroatoms. The lowest BCUT2D eigenvalue weighted by Crippen LogP contribution is -2.52. The molecule has 100 valence electrons. The van der Waals surface area contributed by atoms with Gasteiger partial charge in [0.25, 0.3) is 0 Å². The molecule has 0 saturated carbocycles. The summed E-state index contributed by atoms with van der Waals surface area (Å²) in [5.74, 6) is 0. The fraction of sp³-hybridized carbons (Fsp3) is 0.692. The molecule has 1 aromatic rings. The minimum Gasteiger partial charge on any atom is -0.444 e. The van der Waals surface area contributed by atoms with Gasteiger partial charge in [-0.3, -0.25) is 4.68 Å². The molecule has 2 heterocycles. The van der Waals surface area contributed by atoms with Crippen LogP contribution in [0.5, 0.6) is 0 Å². The Kier molecular flexibility index (Phi) is 3.32. The van der Waals surface area contributed by atoms with Crippen molar-refractivity contribution < 1.29 is 9.53 Å². The largest absolute Gasteiger partial charge is 0.444 e. The second-order valence-electron chi connectivity index (χ2n) is 5.72. The van der Waals surface area contributed by atoms with E-state index in [-0.39, 0.29) is 12.1 Å². The number of carbonyl (C=O) groups excluding carboxylic acids is 1. The van der Waals surface area contributed by atoms with Crippen LogP contribution in [0.3, 0.4) is 0 Å². The SMILES string of the molecule is CCc1cnn(C2CN(C(=O)OC(C)(C)C)C2)c1. The highest BCUT2D eigenvalue weighted by molar-refractivity contribution is 5.69.